The summed E-state index contributed by atoms with van der Waals surface area (Å²) in [6.07, 6.45) is 4.18. The number of Topliss-reactive ketones (excluding diaryl/α,β-unsaturated/α-hetero) is 1. The van der Waals surface area contributed by atoms with Gasteiger partial charge in [-0.1, -0.05) is 42.5 Å². The topological polar surface area (TPSA) is 65.1 Å². The number of methoxy groups -OCH3 is 1. The van der Waals surface area contributed by atoms with Crippen molar-refractivity contribution >= 4 is 16.8 Å². The molecule has 0 N–H and O–H groups in total. The van der Waals surface area contributed by atoms with E-state index < -0.39 is 16.4 Å². The van der Waals surface area contributed by atoms with Crippen LogP contribution >= 0.6 is 0 Å². The van der Waals surface area contributed by atoms with E-state index in [0.29, 0.717) is 13.0 Å². The zero-order valence-electron chi connectivity index (χ0n) is 21.0. The Hall–Kier alpha value is -3.00. The van der Waals surface area contributed by atoms with Crippen LogP contribution in [-0.2, 0) is 32.4 Å². The van der Waals surface area contributed by atoms with Crippen molar-refractivity contribution in [2.24, 2.45) is 0 Å². The van der Waals surface area contributed by atoms with Crippen molar-refractivity contribution in [3.8, 4) is 22.6 Å². The summed E-state index contributed by atoms with van der Waals surface area (Å²) in [7, 11) is 0.495. The van der Waals surface area contributed by atoms with Gasteiger partial charge in [-0.15, -0.1) is 0 Å². The molecular formula is C30H31NO5S. The molecule has 1 saturated carbocycles. The van der Waals surface area contributed by atoms with E-state index in [1.165, 1.54) is 0 Å². The number of rotatable bonds is 9. The molecule has 6 rings (SSSR count). The number of carbonyl (C=O) groups is 1. The quantitative estimate of drug-likeness (QED) is 0.397. The van der Waals surface area contributed by atoms with Crippen LogP contribution in [0.4, 0.5) is 0 Å². The molecule has 2 fully saturated rings. The van der Waals surface area contributed by atoms with Gasteiger partial charge in [0.2, 0.25) is 6.79 Å². The van der Waals surface area contributed by atoms with Crippen LogP contribution in [-0.4, -0.2) is 47.4 Å². The molecule has 1 unspecified atom stereocenters. The minimum atomic E-state index is -1.20. The summed E-state index contributed by atoms with van der Waals surface area (Å²) in [5.74, 6) is 1.71. The molecule has 3 aliphatic rings. The summed E-state index contributed by atoms with van der Waals surface area (Å²) in [5, 5.41) is 0. The molecular weight excluding hydrogens is 486 g/mol. The van der Waals surface area contributed by atoms with Crippen molar-refractivity contribution < 1.29 is 23.2 Å². The van der Waals surface area contributed by atoms with Crippen LogP contribution in [0.25, 0.3) is 11.1 Å². The van der Waals surface area contributed by atoms with Gasteiger partial charge in [-0.2, -0.15) is 0 Å². The number of hydrogen-bond acceptors (Lipinski definition) is 5. The number of hydrogen-bond donors (Lipinski definition) is 0. The first-order chi connectivity index (χ1) is 18.1. The smallest absolute Gasteiger partial charge is 0.231 e. The molecule has 0 radical (unpaired) electrons. The van der Waals surface area contributed by atoms with E-state index >= 15 is 0 Å². The maximum absolute atomic E-state index is 13.4. The highest BCUT2D eigenvalue weighted by Crippen LogP contribution is 2.51. The highest BCUT2D eigenvalue weighted by molar-refractivity contribution is 7.82. The standard InChI is InChI=1S/C30H31NO5S/c1-34-19-25-6-3-15-31(25)37(33)26-10-7-22(8-11-26)23-5-2-4-21(16-23)17-29(32)30(13-14-30)24-9-12-27-28(18-24)36-20-35-27/h2,4-5,7-12,16,18,25H,3,6,13-15,17,19-20H2,1H3/t25-,37?/m0/s1. The average Bonchev–Trinajstić information content (AvgIpc) is 3.38. The number of nitrogens with zero attached hydrogens (tertiary/aromatic N) is 1. The Morgan fingerprint density at radius 2 is 1.84 bits per heavy atom. The van der Waals surface area contributed by atoms with Crippen LogP contribution in [0.3, 0.4) is 0 Å². The van der Waals surface area contributed by atoms with Crippen LogP contribution in [0, 0.1) is 0 Å². The molecule has 37 heavy (non-hydrogen) atoms. The zero-order valence-corrected chi connectivity index (χ0v) is 21.8. The molecule has 1 saturated heterocycles. The van der Waals surface area contributed by atoms with Gasteiger partial charge in [-0.05, 0) is 72.2 Å². The third-order valence-corrected chi connectivity index (χ3v) is 9.37. The lowest BCUT2D eigenvalue weighted by atomic mass is 9.87. The Bertz CT molecular complexity index is 1330. The third-order valence-electron chi connectivity index (χ3n) is 7.79. The summed E-state index contributed by atoms with van der Waals surface area (Å²) in [6.45, 7) is 1.66. The fourth-order valence-corrected chi connectivity index (χ4v) is 6.92. The van der Waals surface area contributed by atoms with E-state index in [1.54, 1.807) is 7.11 Å². The molecule has 0 bridgehead atoms. The van der Waals surface area contributed by atoms with Gasteiger partial charge in [0.15, 0.2) is 11.5 Å². The van der Waals surface area contributed by atoms with E-state index in [9.17, 15) is 9.00 Å². The van der Waals surface area contributed by atoms with Crippen LogP contribution in [0.1, 0.15) is 36.8 Å². The molecule has 0 amide bonds. The van der Waals surface area contributed by atoms with Crippen molar-refractivity contribution in [1.29, 1.82) is 0 Å². The maximum atomic E-state index is 13.4. The Morgan fingerprint density at radius 1 is 1.03 bits per heavy atom. The molecule has 3 aromatic rings. The minimum absolute atomic E-state index is 0.201. The normalized spacial score (nSPS) is 20.6. The van der Waals surface area contributed by atoms with Crippen LogP contribution in [0.2, 0.25) is 0 Å². The van der Waals surface area contributed by atoms with Crippen molar-refractivity contribution in [2.75, 3.05) is 27.1 Å². The average molecular weight is 518 g/mol. The van der Waals surface area contributed by atoms with Gasteiger partial charge in [0.1, 0.15) is 16.8 Å². The Labute approximate surface area is 220 Å². The Kier molecular flexibility index (Phi) is 6.61. The fraction of sp³-hybridized carbons (Fsp3) is 0.367. The molecule has 2 aliphatic heterocycles. The second-order valence-corrected chi connectivity index (χ2v) is 11.6. The second kappa shape index (κ2) is 10.0. The molecule has 192 valence electrons. The number of carbonyl (C=O) groups excluding carboxylic acids is 1. The van der Waals surface area contributed by atoms with Crippen molar-refractivity contribution in [3.05, 3.63) is 77.9 Å². The maximum Gasteiger partial charge on any atom is 0.231 e. The monoisotopic (exact) mass is 517 g/mol. The van der Waals surface area contributed by atoms with Gasteiger partial charge in [0.05, 0.1) is 16.9 Å². The Morgan fingerprint density at radius 3 is 2.62 bits per heavy atom. The summed E-state index contributed by atoms with van der Waals surface area (Å²) in [5.41, 5.74) is 3.70. The van der Waals surface area contributed by atoms with Crippen molar-refractivity contribution in [3.63, 3.8) is 0 Å². The van der Waals surface area contributed by atoms with E-state index in [-0.39, 0.29) is 18.6 Å². The Balaban J connectivity index is 1.16. The number of ketones is 1. The molecule has 6 nitrogen and oxygen atoms in total. The lowest BCUT2D eigenvalue weighted by Crippen LogP contribution is -2.34. The van der Waals surface area contributed by atoms with Gasteiger partial charge in [-0.3, -0.25) is 4.79 Å². The highest BCUT2D eigenvalue weighted by Gasteiger charge is 2.50. The summed E-state index contributed by atoms with van der Waals surface area (Å²) < 4.78 is 31.5. The predicted octanol–water partition coefficient (Wildman–Crippen LogP) is 5.06. The lowest BCUT2D eigenvalue weighted by molar-refractivity contribution is -0.120. The summed E-state index contributed by atoms with van der Waals surface area (Å²) >= 11 is 0. The van der Waals surface area contributed by atoms with E-state index in [1.807, 2.05) is 58.9 Å². The first-order valence-electron chi connectivity index (χ1n) is 12.9. The zero-order chi connectivity index (χ0) is 25.4. The van der Waals surface area contributed by atoms with Crippen molar-refractivity contribution in [1.82, 2.24) is 4.31 Å². The molecule has 0 aromatic heterocycles. The molecule has 3 aromatic carbocycles. The van der Waals surface area contributed by atoms with Crippen molar-refractivity contribution in [2.45, 2.75) is 48.5 Å². The van der Waals surface area contributed by atoms with Crippen LogP contribution in [0.15, 0.2) is 71.6 Å². The largest absolute Gasteiger partial charge is 0.454 e. The van der Waals surface area contributed by atoms with Crippen LogP contribution in [0.5, 0.6) is 11.5 Å². The van der Waals surface area contributed by atoms with Gasteiger partial charge in [0, 0.05) is 26.1 Å². The van der Waals surface area contributed by atoms with Gasteiger partial charge >= 0.3 is 0 Å². The molecule has 2 atom stereocenters. The predicted molar refractivity (Wildman–Crippen MR) is 142 cm³/mol. The second-order valence-electron chi connectivity index (χ2n) is 10.1. The van der Waals surface area contributed by atoms with Gasteiger partial charge in [0.25, 0.3) is 0 Å². The van der Waals surface area contributed by atoms with E-state index in [2.05, 4.69) is 12.1 Å². The number of ether oxygens (including phenoxy) is 3. The summed E-state index contributed by atoms with van der Waals surface area (Å²) in [6, 6.07) is 22.2. The van der Waals surface area contributed by atoms with Gasteiger partial charge < -0.3 is 14.2 Å². The number of benzene rings is 3. The summed E-state index contributed by atoms with van der Waals surface area (Å²) in [4.78, 5) is 14.2. The number of fused-ring (bicyclic) bond motifs is 1. The first-order valence-corrected chi connectivity index (χ1v) is 14.0. The molecule has 2 heterocycles. The van der Waals surface area contributed by atoms with Gasteiger partial charge in [-0.25, -0.2) is 8.51 Å². The molecule has 7 heteroatoms. The lowest BCUT2D eigenvalue weighted by Gasteiger charge is -2.22. The fourth-order valence-electron chi connectivity index (χ4n) is 5.55. The molecule has 1 aliphatic carbocycles. The van der Waals surface area contributed by atoms with E-state index in [4.69, 9.17) is 14.2 Å². The molecule has 0 spiro atoms. The SMILES string of the molecule is COC[C@@H]1CCCN1S(=O)c1ccc(-c2cccc(CC(=O)C3(c4ccc5c(c4)OCO5)CC3)c2)cc1. The highest BCUT2D eigenvalue weighted by atomic mass is 32.2. The van der Waals surface area contributed by atoms with E-state index in [0.717, 1.165) is 70.9 Å². The van der Waals surface area contributed by atoms with Crippen LogP contribution < -0.4 is 9.47 Å². The third kappa shape index (κ3) is 4.72. The minimum Gasteiger partial charge on any atom is -0.454 e. The first kappa shape index (κ1) is 24.3.